The van der Waals surface area contributed by atoms with Crippen molar-refractivity contribution in [2.24, 2.45) is 7.05 Å². The molecule has 3 rings (SSSR count). The van der Waals surface area contributed by atoms with Gasteiger partial charge >= 0.3 is 5.69 Å². The lowest BCUT2D eigenvalue weighted by Gasteiger charge is -2.11. The molecular weight excluding hydrogens is 286 g/mol. The molecule has 1 aliphatic heterocycles. The number of hydrogen-bond donors (Lipinski definition) is 1. The first-order valence-corrected chi connectivity index (χ1v) is 6.73. The van der Waals surface area contributed by atoms with Gasteiger partial charge in [-0.05, 0) is 30.7 Å². The lowest BCUT2D eigenvalue weighted by Crippen LogP contribution is -2.20. The van der Waals surface area contributed by atoms with Crippen molar-refractivity contribution >= 4 is 28.8 Å². The van der Waals surface area contributed by atoms with Crippen LogP contribution >= 0.6 is 0 Å². The molecule has 0 aliphatic carbocycles. The number of carbonyl (C=O) groups excluding carboxylic acids is 1. The third-order valence-electron chi connectivity index (χ3n) is 3.79. The van der Waals surface area contributed by atoms with Crippen molar-refractivity contribution in [2.75, 3.05) is 17.3 Å². The second kappa shape index (κ2) is 4.83. The number of nitrogens with zero attached hydrogens (tertiary/aromatic N) is 4. The average molecular weight is 301 g/mol. The number of anilines is 3. The summed E-state index contributed by atoms with van der Waals surface area (Å²) in [4.78, 5) is 24.0. The number of nitro groups is 1. The number of carbonyl (C=O) groups is 1. The highest BCUT2D eigenvalue weighted by molar-refractivity contribution is 6.01. The number of hydrogen-bond acceptors (Lipinski definition) is 5. The van der Waals surface area contributed by atoms with Gasteiger partial charge in [-0.2, -0.15) is 5.10 Å². The Kier molecular flexibility index (Phi) is 3.09. The fourth-order valence-electron chi connectivity index (χ4n) is 2.69. The monoisotopic (exact) mass is 301 g/mol. The highest BCUT2D eigenvalue weighted by Gasteiger charge is 2.26. The third kappa shape index (κ3) is 2.09. The predicted molar refractivity (Wildman–Crippen MR) is 81.4 cm³/mol. The second-order valence-electron chi connectivity index (χ2n) is 5.26. The number of aryl methyl sites for hydroxylation is 2. The lowest BCUT2D eigenvalue weighted by atomic mass is 10.1. The van der Waals surface area contributed by atoms with Crippen LogP contribution < -0.4 is 10.2 Å². The molecule has 8 nitrogen and oxygen atoms in total. The first-order chi connectivity index (χ1) is 10.4. The molecule has 0 atom stereocenters. The topological polar surface area (TPSA) is 93.3 Å². The van der Waals surface area contributed by atoms with E-state index in [-0.39, 0.29) is 11.6 Å². The molecule has 2 aromatic rings. The Morgan fingerprint density at radius 1 is 1.36 bits per heavy atom. The summed E-state index contributed by atoms with van der Waals surface area (Å²) in [6.45, 7) is 1.60. The van der Waals surface area contributed by atoms with Crippen LogP contribution in [0.1, 0.15) is 11.3 Å². The zero-order valence-electron chi connectivity index (χ0n) is 12.5. The van der Waals surface area contributed by atoms with Crippen molar-refractivity contribution in [1.29, 1.82) is 0 Å². The molecule has 0 unspecified atom stereocenters. The van der Waals surface area contributed by atoms with Gasteiger partial charge in [0.15, 0.2) is 0 Å². The van der Waals surface area contributed by atoms with E-state index in [2.05, 4.69) is 10.4 Å². The minimum Gasteiger partial charge on any atom is -0.335 e. The molecule has 1 aliphatic rings. The van der Waals surface area contributed by atoms with Crippen molar-refractivity contribution in [3.8, 4) is 0 Å². The van der Waals surface area contributed by atoms with E-state index >= 15 is 0 Å². The largest absolute Gasteiger partial charge is 0.335 e. The fraction of sp³-hybridized carbons (Fsp3) is 0.286. The van der Waals surface area contributed by atoms with Crippen LogP contribution in [0.15, 0.2) is 18.2 Å². The van der Waals surface area contributed by atoms with Gasteiger partial charge < -0.3 is 10.2 Å². The molecule has 1 aromatic heterocycles. The van der Waals surface area contributed by atoms with E-state index in [4.69, 9.17) is 0 Å². The van der Waals surface area contributed by atoms with Crippen LogP contribution in [0, 0.1) is 17.0 Å². The van der Waals surface area contributed by atoms with E-state index in [0.717, 1.165) is 11.3 Å². The maximum atomic E-state index is 11.7. The average Bonchev–Trinajstić information content (AvgIpc) is 2.87. The van der Waals surface area contributed by atoms with Crippen molar-refractivity contribution in [3.05, 3.63) is 39.6 Å². The predicted octanol–water partition coefficient (Wildman–Crippen LogP) is 1.90. The van der Waals surface area contributed by atoms with Gasteiger partial charge in [-0.25, -0.2) is 4.68 Å². The zero-order valence-corrected chi connectivity index (χ0v) is 12.5. The summed E-state index contributed by atoms with van der Waals surface area (Å²) in [7, 11) is 3.38. The van der Waals surface area contributed by atoms with Gasteiger partial charge in [0, 0.05) is 25.5 Å². The van der Waals surface area contributed by atoms with Crippen LogP contribution in [0.4, 0.5) is 22.9 Å². The molecule has 0 fully saturated rings. The van der Waals surface area contributed by atoms with Gasteiger partial charge in [0.2, 0.25) is 11.7 Å². The van der Waals surface area contributed by atoms with Gasteiger partial charge in [-0.15, -0.1) is 0 Å². The van der Waals surface area contributed by atoms with Crippen molar-refractivity contribution in [1.82, 2.24) is 9.78 Å². The highest BCUT2D eigenvalue weighted by atomic mass is 16.6. The maximum Gasteiger partial charge on any atom is 0.334 e. The molecule has 0 radical (unpaired) electrons. The van der Waals surface area contributed by atoms with Crippen LogP contribution in [0.3, 0.4) is 0 Å². The summed E-state index contributed by atoms with van der Waals surface area (Å²) in [6.07, 6.45) is 0.341. The molecule has 22 heavy (non-hydrogen) atoms. The minimum absolute atomic E-state index is 0.0366. The summed E-state index contributed by atoms with van der Waals surface area (Å²) in [5.74, 6) is 0.356. The number of nitrogens with one attached hydrogen (secondary N) is 1. The number of fused-ring (bicyclic) bond motifs is 1. The summed E-state index contributed by atoms with van der Waals surface area (Å²) in [5, 5.41) is 18.3. The summed E-state index contributed by atoms with van der Waals surface area (Å²) in [6, 6.07) is 5.46. The summed E-state index contributed by atoms with van der Waals surface area (Å²) in [5.41, 5.74) is 2.76. The maximum absolute atomic E-state index is 11.7. The molecular formula is C14H15N5O3. The molecule has 114 valence electrons. The van der Waals surface area contributed by atoms with Crippen LogP contribution in [0.2, 0.25) is 0 Å². The normalized spacial score (nSPS) is 13.4. The van der Waals surface area contributed by atoms with Crippen LogP contribution in [0.5, 0.6) is 0 Å². The molecule has 1 amide bonds. The summed E-state index contributed by atoms with van der Waals surface area (Å²) < 4.78 is 1.44. The van der Waals surface area contributed by atoms with Gasteiger partial charge in [0.1, 0.15) is 5.69 Å². The SMILES string of the molecule is Cc1nn(C)c(Nc2ccc3c(c2)CC(=O)N3C)c1[N+](=O)[O-]. The number of aromatic nitrogens is 2. The minimum atomic E-state index is -0.449. The van der Waals surface area contributed by atoms with E-state index < -0.39 is 4.92 Å². The Morgan fingerprint density at radius 3 is 2.77 bits per heavy atom. The quantitative estimate of drug-likeness (QED) is 0.690. The molecule has 0 saturated carbocycles. The van der Waals surface area contributed by atoms with E-state index in [1.165, 1.54) is 4.68 Å². The van der Waals surface area contributed by atoms with Crippen LogP contribution in [0.25, 0.3) is 0 Å². The first kappa shape index (κ1) is 14.1. The smallest absolute Gasteiger partial charge is 0.334 e. The first-order valence-electron chi connectivity index (χ1n) is 6.73. The van der Waals surface area contributed by atoms with Gasteiger partial charge in [-0.1, -0.05) is 0 Å². The zero-order chi connectivity index (χ0) is 16.0. The Balaban J connectivity index is 1.97. The highest BCUT2D eigenvalue weighted by Crippen LogP contribution is 2.34. The van der Waals surface area contributed by atoms with Crippen molar-refractivity contribution in [3.63, 3.8) is 0 Å². The summed E-state index contributed by atoms with van der Waals surface area (Å²) >= 11 is 0. The lowest BCUT2D eigenvalue weighted by molar-refractivity contribution is -0.384. The number of benzene rings is 1. The molecule has 0 saturated heterocycles. The van der Waals surface area contributed by atoms with Gasteiger partial charge in [0.05, 0.1) is 11.3 Å². The molecule has 1 aromatic carbocycles. The molecule has 8 heteroatoms. The van der Waals surface area contributed by atoms with Crippen LogP contribution in [-0.4, -0.2) is 27.7 Å². The molecule has 0 spiro atoms. The van der Waals surface area contributed by atoms with E-state index in [1.54, 1.807) is 32.0 Å². The molecule has 0 bridgehead atoms. The second-order valence-corrected chi connectivity index (χ2v) is 5.26. The number of amides is 1. The standard InChI is InChI=1S/C14H15N5O3/c1-8-13(19(21)22)14(18(3)16-8)15-10-4-5-11-9(6-10)7-12(20)17(11)2/h4-6,15H,7H2,1-3H3. The Labute approximate surface area is 126 Å². The molecule has 1 N–H and O–H groups in total. The van der Waals surface area contributed by atoms with Crippen molar-refractivity contribution < 1.29 is 9.72 Å². The van der Waals surface area contributed by atoms with Crippen molar-refractivity contribution in [2.45, 2.75) is 13.3 Å². The Hall–Kier alpha value is -2.90. The fourth-order valence-corrected chi connectivity index (χ4v) is 2.69. The van der Waals surface area contributed by atoms with Gasteiger partial charge in [0.25, 0.3) is 0 Å². The number of likely N-dealkylation sites (N-methyl/N-ethyl adjacent to an activating group) is 1. The Morgan fingerprint density at radius 2 is 2.09 bits per heavy atom. The van der Waals surface area contributed by atoms with E-state index in [9.17, 15) is 14.9 Å². The van der Waals surface area contributed by atoms with Crippen LogP contribution in [-0.2, 0) is 18.3 Å². The van der Waals surface area contributed by atoms with E-state index in [1.807, 2.05) is 12.1 Å². The third-order valence-corrected chi connectivity index (χ3v) is 3.79. The van der Waals surface area contributed by atoms with Gasteiger partial charge in [-0.3, -0.25) is 14.9 Å². The molecule has 2 heterocycles. The number of rotatable bonds is 3. The Bertz CT molecular complexity index is 796. The van der Waals surface area contributed by atoms with E-state index in [0.29, 0.717) is 23.6 Å².